The molecule has 3 nitrogen and oxygen atoms in total. The minimum atomic E-state index is 0.0476. The van der Waals surface area contributed by atoms with Gasteiger partial charge in [0.1, 0.15) is 14.7 Å². The van der Waals surface area contributed by atoms with Gasteiger partial charge in [-0.05, 0) is 35.7 Å². The lowest BCUT2D eigenvalue weighted by atomic mass is 10.3. The number of aromatic nitrogens is 1. The average Bonchev–Trinajstić information content (AvgIpc) is 2.81. The molecule has 1 unspecified atom stereocenters. The molecule has 0 saturated heterocycles. The van der Waals surface area contributed by atoms with Crippen LogP contribution in [-0.4, -0.2) is 14.0 Å². The van der Waals surface area contributed by atoms with E-state index in [4.69, 9.17) is 10.5 Å². The van der Waals surface area contributed by atoms with Crippen molar-refractivity contribution in [2.24, 2.45) is 0 Å². The predicted octanol–water partition coefficient (Wildman–Crippen LogP) is 4.79. The average molecular weight is 342 g/mol. The van der Waals surface area contributed by atoms with Crippen LogP contribution in [0.2, 0.25) is 0 Å². The van der Waals surface area contributed by atoms with Gasteiger partial charge in [0.2, 0.25) is 0 Å². The monoisotopic (exact) mass is 341 g/mol. The number of nitriles is 2. The molecule has 0 aliphatic heterocycles. The third-order valence-electron chi connectivity index (χ3n) is 1.95. The summed E-state index contributed by atoms with van der Waals surface area (Å²) < 4.78 is 2.16. The molecule has 0 bridgehead atoms. The second-order valence-electron chi connectivity index (χ2n) is 3.08. The first kappa shape index (κ1) is 14.9. The zero-order chi connectivity index (χ0) is 13.5. The normalized spacial score (nSPS) is 11.9. The van der Waals surface area contributed by atoms with Gasteiger partial charge in [-0.15, -0.1) is 23.1 Å². The molecule has 19 heavy (non-hydrogen) atoms. The van der Waals surface area contributed by atoms with Crippen molar-refractivity contribution in [3.05, 3.63) is 24.3 Å². The summed E-state index contributed by atoms with van der Waals surface area (Å²) in [5, 5.41) is 22.1. The number of thiazole rings is 1. The van der Waals surface area contributed by atoms with E-state index in [9.17, 15) is 0 Å². The summed E-state index contributed by atoms with van der Waals surface area (Å²) in [6.45, 7) is 0. The van der Waals surface area contributed by atoms with E-state index >= 15 is 0 Å². The van der Waals surface area contributed by atoms with Crippen LogP contribution in [0.15, 0.2) is 28.6 Å². The number of hydrogen-bond acceptors (Lipinski definition) is 8. The number of para-hydroxylation sites is 1. The Hall–Kier alpha value is -0.510. The number of fused-ring (bicyclic) bond motifs is 1. The van der Waals surface area contributed by atoms with Crippen LogP contribution in [0.25, 0.3) is 10.2 Å². The van der Waals surface area contributed by atoms with Crippen LogP contribution in [0, 0.1) is 21.3 Å². The van der Waals surface area contributed by atoms with E-state index < -0.39 is 0 Å². The Labute approximate surface area is 132 Å². The van der Waals surface area contributed by atoms with Gasteiger partial charge < -0.3 is 0 Å². The van der Waals surface area contributed by atoms with Gasteiger partial charge in [-0.25, -0.2) is 4.98 Å². The molecule has 8 heteroatoms. The Morgan fingerprint density at radius 1 is 1.26 bits per heavy atom. The van der Waals surface area contributed by atoms with Crippen LogP contribution in [0.5, 0.6) is 0 Å². The molecule has 1 atom stereocenters. The van der Waals surface area contributed by atoms with E-state index in [1.165, 1.54) is 23.5 Å². The van der Waals surface area contributed by atoms with Crippen molar-refractivity contribution in [2.75, 3.05) is 5.08 Å². The summed E-state index contributed by atoms with van der Waals surface area (Å²) in [6, 6.07) is 7.99. The lowest BCUT2D eigenvalue weighted by molar-refractivity contribution is 1.31. The fraction of sp³-hybridized carbons (Fsp3) is 0.182. The molecular formula is C11H7N3S5. The molecular weight excluding hydrogens is 334 g/mol. The number of hydrogen-bond donors (Lipinski definition) is 0. The van der Waals surface area contributed by atoms with E-state index in [0.29, 0.717) is 5.08 Å². The fourth-order valence-electron chi connectivity index (χ4n) is 1.23. The molecule has 2 rings (SSSR count). The highest BCUT2D eigenvalue weighted by molar-refractivity contribution is 8.36. The van der Waals surface area contributed by atoms with Gasteiger partial charge in [0.15, 0.2) is 4.34 Å². The number of benzene rings is 1. The molecule has 1 heterocycles. The molecule has 0 aliphatic rings. The quantitative estimate of drug-likeness (QED) is 0.324. The Kier molecular flexibility index (Phi) is 6.21. The van der Waals surface area contributed by atoms with E-state index in [1.807, 2.05) is 29.7 Å². The minimum absolute atomic E-state index is 0.0476. The minimum Gasteiger partial charge on any atom is -0.230 e. The van der Waals surface area contributed by atoms with Crippen molar-refractivity contribution in [3.63, 3.8) is 0 Å². The Morgan fingerprint density at radius 3 is 2.84 bits per heavy atom. The molecule has 1 aromatic heterocycles. The van der Waals surface area contributed by atoms with Gasteiger partial charge >= 0.3 is 0 Å². The molecule has 2 aromatic rings. The molecule has 0 N–H and O–H groups in total. The number of rotatable bonds is 6. The third-order valence-corrected chi connectivity index (χ3v) is 7.49. The molecule has 0 saturated carbocycles. The first-order chi connectivity index (χ1) is 9.33. The molecule has 96 valence electrons. The summed E-state index contributed by atoms with van der Waals surface area (Å²) >= 11 is 7.20. The molecule has 0 fully saturated rings. The summed E-state index contributed by atoms with van der Waals surface area (Å²) in [5.74, 6) is 0. The molecule has 0 amide bonds. The lowest BCUT2D eigenvalue weighted by Gasteiger charge is -2.07. The molecule has 0 radical (unpaired) electrons. The van der Waals surface area contributed by atoms with Crippen LogP contribution in [0.4, 0.5) is 0 Å². The number of thioether (sulfide) groups is 4. The van der Waals surface area contributed by atoms with E-state index in [1.54, 1.807) is 34.9 Å². The van der Waals surface area contributed by atoms with Crippen molar-refractivity contribution in [1.29, 1.82) is 10.5 Å². The summed E-state index contributed by atoms with van der Waals surface area (Å²) in [7, 11) is 0. The van der Waals surface area contributed by atoms with Gasteiger partial charge in [0.05, 0.1) is 15.3 Å². The maximum atomic E-state index is 8.81. The molecule has 0 spiro atoms. The number of nitrogens with zero attached hydrogens (tertiary/aromatic N) is 3. The van der Waals surface area contributed by atoms with Crippen LogP contribution in [0.3, 0.4) is 0 Å². The Bertz CT molecular complexity index is 594. The Morgan fingerprint density at radius 2 is 2.11 bits per heavy atom. The van der Waals surface area contributed by atoms with Gasteiger partial charge in [0, 0.05) is 0 Å². The van der Waals surface area contributed by atoms with Crippen molar-refractivity contribution in [2.45, 2.75) is 8.25 Å². The van der Waals surface area contributed by atoms with Crippen molar-refractivity contribution in [1.82, 2.24) is 4.98 Å². The van der Waals surface area contributed by atoms with Crippen LogP contribution in [-0.2, 0) is 0 Å². The zero-order valence-electron chi connectivity index (χ0n) is 9.48. The highest BCUT2D eigenvalue weighted by Crippen LogP contribution is 2.41. The van der Waals surface area contributed by atoms with Gasteiger partial charge in [0.25, 0.3) is 0 Å². The topological polar surface area (TPSA) is 60.5 Å². The van der Waals surface area contributed by atoms with E-state index in [2.05, 4.69) is 10.4 Å². The van der Waals surface area contributed by atoms with Gasteiger partial charge in [-0.3, -0.25) is 0 Å². The van der Waals surface area contributed by atoms with E-state index in [0.717, 1.165) is 14.6 Å². The highest BCUT2D eigenvalue weighted by atomic mass is 32.3. The van der Waals surface area contributed by atoms with Gasteiger partial charge in [-0.1, -0.05) is 23.9 Å². The largest absolute Gasteiger partial charge is 0.230 e. The Balaban J connectivity index is 2.03. The summed E-state index contributed by atoms with van der Waals surface area (Å²) in [6.07, 6.45) is 0. The first-order valence-corrected chi connectivity index (χ1v) is 9.64. The molecule has 1 aromatic carbocycles. The zero-order valence-corrected chi connectivity index (χ0v) is 13.6. The van der Waals surface area contributed by atoms with Crippen molar-refractivity contribution < 1.29 is 0 Å². The van der Waals surface area contributed by atoms with Crippen molar-refractivity contribution >= 4 is 68.6 Å². The second kappa shape index (κ2) is 7.93. The maximum absolute atomic E-state index is 8.81. The smallest absolute Gasteiger partial charge is 0.153 e. The third kappa shape index (κ3) is 4.51. The summed E-state index contributed by atoms with van der Waals surface area (Å²) in [4.78, 5) is 4.54. The SMILES string of the molecule is N#CSCSC(SC#N)Sc1nc2ccccc2s1. The van der Waals surface area contributed by atoms with E-state index in [-0.39, 0.29) is 3.91 Å². The van der Waals surface area contributed by atoms with Gasteiger partial charge in [-0.2, -0.15) is 10.5 Å². The standard InChI is InChI=1S/C11H7N3S5/c12-5-15-7-17-11(16-6-13)19-10-14-8-3-1-2-4-9(8)18-10/h1-4,11H,7H2. The second-order valence-corrected chi connectivity index (χ2v) is 9.47. The first-order valence-electron chi connectivity index (χ1n) is 5.03. The predicted molar refractivity (Wildman–Crippen MR) is 88.1 cm³/mol. The van der Waals surface area contributed by atoms with Crippen LogP contribution >= 0.6 is 58.4 Å². The van der Waals surface area contributed by atoms with Crippen LogP contribution in [0.1, 0.15) is 0 Å². The maximum Gasteiger partial charge on any atom is 0.153 e. The van der Waals surface area contributed by atoms with Crippen LogP contribution < -0.4 is 0 Å². The number of thiocyanates is 2. The van der Waals surface area contributed by atoms with Crippen molar-refractivity contribution in [3.8, 4) is 10.8 Å². The lowest BCUT2D eigenvalue weighted by Crippen LogP contribution is -1.89. The fourth-order valence-corrected chi connectivity index (χ4v) is 6.92. The summed E-state index contributed by atoms with van der Waals surface area (Å²) in [5.41, 5.74) is 0.993. The highest BCUT2D eigenvalue weighted by Gasteiger charge is 2.15. The molecule has 0 aliphatic carbocycles.